The van der Waals surface area contributed by atoms with E-state index in [0.29, 0.717) is 32.2 Å². The lowest BCUT2D eigenvalue weighted by atomic mass is 10.2. The molecule has 0 spiro atoms. The minimum atomic E-state index is -0.158. The van der Waals surface area contributed by atoms with E-state index in [4.69, 9.17) is 4.74 Å². The summed E-state index contributed by atoms with van der Waals surface area (Å²) in [5.74, 6) is 7.01. The van der Waals surface area contributed by atoms with Crippen molar-refractivity contribution in [3.05, 3.63) is 48.3 Å². The summed E-state index contributed by atoms with van der Waals surface area (Å²) < 4.78 is 5.51. The SMILES string of the molecule is CCOc1ccc(C#CC(=O)N2CCN(c3ncccn3)C(I)C2)cc1. The zero-order valence-electron chi connectivity index (χ0n) is 14.4. The van der Waals surface area contributed by atoms with Crippen LogP contribution in [-0.2, 0) is 4.79 Å². The number of nitrogens with zero attached hydrogens (tertiary/aromatic N) is 4. The number of amides is 1. The maximum Gasteiger partial charge on any atom is 0.298 e. The Hall–Kier alpha value is -2.34. The molecule has 26 heavy (non-hydrogen) atoms. The van der Waals surface area contributed by atoms with Crippen LogP contribution in [0.3, 0.4) is 0 Å². The van der Waals surface area contributed by atoms with E-state index in [1.165, 1.54) is 0 Å². The molecular weight excluding hydrogens is 443 g/mol. The Bertz CT molecular complexity index is 802. The van der Waals surface area contributed by atoms with E-state index in [1.807, 2.05) is 31.2 Å². The van der Waals surface area contributed by atoms with Gasteiger partial charge in [0, 0.05) is 37.0 Å². The lowest BCUT2D eigenvalue weighted by molar-refractivity contribution is -0.125. The summed E-state index contributed by atoms with van der Waals surface area (Å²) in [5, 5.41) is 0. The van der Waals surface area contributed by atoms with Gasteiger partial charge in [-0.2, -0.15) is 0 Å². The molecule has 1 aromatic heterocycles. The summed E-state index contributed by atoms with van der Waals surface area (Å²) in [4.78, 5) is 24.9. The zero-order chi connectivity index (χ0) is 18.4. The number of alkyl halides is 1. The number of anilines is 1. The molecule has 3 rings (SSSR count). The minimum Gasteiger partial charge on any atom is -0.494 e. The highest BCUT2D eigenvalue weighted by Gasteiger charge is 2.28. The quantitative estimate of drug-likeness (QED) is 0.304. The van der Waals surface area contributed by atoms with Crippen molar-refractivity contribution >= 4 is 34.4 Å². The Morgan fingerprint density at radius 2 is 2.00 bits per heavy atom. The molecular formula is C19H19IN4O2. The molecule has 6 nitrogen and oxygen atoms in total. The number of carbonyl (C=O) groups is 1. The highest BCUT2D eigenvalue weighted by atomic mass is 127. The van der Waals surface area contributed by atoms with Crippen molar-refractivity contribution in [3.8, 4) is 17.6 Å². The van der Waals surface area contributed by atoms with Crippen LogP contribution in [0, 0.1) is 11.8 Å². The predicted octanol–water partition coefficient (Wildman–Crippen LogP) is 2.34. The Kier molecular flexibility index (Phi) is 6.28. The second kappa shape index (κ2) is 8.85. The van der Waals surface area contributed by atoms with Gasteiger partial charge in [-0.1, -0.05) is 28.5 Å². The van der Waals surface area contributed by atoms with E-state index in [2.05, 4.69) is 49.3 Å². The van der Waals surface area contributed by atoms with Gasteiger partial charge in [-0.3, -0.25) is 4.79 Å². The topological polar surface area (TPSA) is 58.6 Å². The van der Waals surface area contributed by atoms with Crippen LogP contribution in [0.15, 0.2) is 42.7 Å². The van der Waals surface area contributed by atoms with Crippen molar-refractivity contribution in [2.24, 2.45) is 0 Å². The van der Waals surface area contributed by atoms with E-state index in [-0.39, 0.29) is 9.96 Å². The summed E-state index contributed by atoms with van der Waals surface area (Å²) in [7, 11) is 0. The van der Waals surface area contributed by atoms with Crippen molar-refractivity contribution in [2.75, 3.05) is 31.1 Å². The number of aromatic nitrogens is 2. The van der Waals surface area contributed by atoms with Crippen molar-refractivity contribution in [1.82, 2.24) is 14.9 Å². The predicted molar refractivity (Wildman–Crippen MR) is 108 cm³/mol. The number of piperazine rings is 1. The van der Waals surface area contributed by atoms with Gasteiger partial charge >= 0.3 is 0 Å². The lowest BCUT2D eigenvalue weighted by Gasteiger charge is -2.37. The number of ether oxygens (including phenoxy) is 1. The Morgan fingerprint density at radius 1 is 1.27 bits per heavy atom. The van der Waals surface area contributed by atoms with Gasteiger partial charge in [-0.05, 0) is 37.3 Å². The second-order valence-electron chi connectivity index (χ2n) is 5.64. The van der Waals surface area contributed by atoms with Gasteiger partial charge < -0.3 is 14.5 Å². The first kappa shape index (κ1) is 18.5. The average molecular weight is 462 g/mol. The van der Waals surface area contributed by atoms with Gasteiger partial charge in [0.15, 0.2) is 0 Å². The third-order valence-corrected chi connectivity index (χ3v) is 4.96. The first-order chi connectivity index (χ1) is 12.7. The van der Waals surface area contributed by atoms with Gasteiger partial charge in [0.1, 0.15) is 9.80 Å². The normalized spacial score (nSPS) is 16.6. The first-order valence-corrected chi connectivity index (χ1v) is 9.63. The maximum atomic E-state index is 12.4. The van der Waals surface area contributed by atoms with Gasteiger partial charge in [0.25, 0.3) is 5.91 Å². The van der Waals surface area contributed by atoms with E-state index in [0.717, 1.165) is 11.3 Å². The minimum absolute atomic E-state index is 0.111. The molecule has 1 unspecified atom stereocenters. The number of halogens is 1. The molecule has 134 valence electrons. The molecule has 1 atom stereocenters. The first-order valence-electron chi connectivity index (χ1n) is 8.39. The Morgan fingerprint density at radius 3 is 2.65 bits per heavy atom. The van der Waals surface area contributed by atoms with Crippen LogP contribution in [0.2, 0.25) is 0 Å². The Labute approximate surface area is 166 Å². The molecule has 0 aliphatic carbocycles. The van der Waals surface area contributed by atoms with Crippen LogP contribution >= 0.6 is 22.6 Å². The van der Waals surface area contributed by atoms with E-state index >= 15 is 0 Å². The third-order valence-electron chi connectivity index (χ3n) is 3.90. The molecule has 0 bridgehead atoms. The molecule has 2 heterocycles. The molecule has 7 heteroatoms. The molecule has 1 aromatic carbocycles. The van der Waals surface area contributed by atoms with Crippen LogP contribution in [0.5, 0.6) is 5.75 Å². The van der Waals surface area contributed by atoms with E-state index in [9.17, 15) is 4.79 Å². The summed E-state index contributed by atoms with van der Waals surface area (Å²) in [5.41, 5.74) is 0.796. The fourth-order valence-electron chi connectivity index (χ4n) is 2.60. The zero-order valence-corrected chi connectivity index (χ0v) is 16.6. The van der Waals surface area contributed by atoms with Gasteiger partial charge in [0.2, 0.25) is 5.95 Å². The molecule has 0 radical (unpaired) electrons. The number of hydrogen-bond donors (Lipinski definition) is 0. The molecule has 2 aromatic rings. The summed E-state index contributed by atoms with van der Waals surface area (Å²) in [6, 6.07) is 9.23. The molecule has 1 saturated heterocycles. The van der Waals surface area contributed by atoms with Crippen molar-refractivity contribution in [1.29, 1.82) is 0 Å². The van der Waals surface area contributed by atoms with Gasteiger partial charge in [0.05, 0.1) is 13.2 Å². The highest BCUT2D eigenvalue weighted by Crippen LogP contribution is 2.20. The average Bonchev–Trinajstić information content (AvgIpc) is 2.68. The fourth-order valence-corrected chi connectivity index (χ4v) is 3.60. The molecule has 1 aliphatic heterocycles. The third kappa shape index (κ3) is 4.64. The number of rotatable bonds is 3. The molecule has 0 N–H and O–H groups in total. The van der Waals surface area contributed by atoms with Crippen LogP contribution in [-0.4, -0.2) is 51.1 Å². The lowest BCUT2D eigenvalue weighted by Crippen LogP contribution is -2.52. The molecule has 1 fully saturated rings. The summed E-state index contributed by atoms with van der Waals surface area (Å²) in [6.45, 7) is 4.45. The van der Waals surface area contributed by atoms with E-state index < -0.39 is 0 Å². The largest absolute Gasteiger partial charge is 0.494 e. The fraction of sp³-hybridized carbons (Fsp3) is 0.316. The number of carbonyl (C=O) groups excluding carboxylic acids is 1. The summed E-state index contributed by atoms with van der Waals surface area (Å²) >= 11 is 2.31. The standard InChI is InChI=1S/C19H19IN4O2/c1-2-26-16-7-4-15(5-8-16)6-9-18(25)23-12-13-24(17(20)14-23)19-21-10-3-11-22-19/h3-5,7-8,10-11,17H,2,12-14H2,1H3. The van der Waals surface area contributed by atoms with Crippen LogP contribution in [0.25, 0.3) is 0 Å². The van der Waals surface area contributed by atoms with Gasteiger partial charge in [-0.25, -0.2) is 9.97 Å². The van der Waals surface area contributed by atoms with Crippen molar-refractivity contribution in [2.45, 2.75) is 11.0 Å². The van der Waals surface area contributed by atoms with Crippen molar-refractivity contribution < 1.29 is 9.53 Å². The molecule has 1 amide bonds. The maximum absolute atomic E-state index is 12.4. The number of hydrogen-bond acceptors (Lipinski definition) is 5. The summed E-state index contributed by atoms with van der Waals surface area (Å²) in [6.07, 6.45) is 3.46. The second-order valence-corrected chi connectivity index (χ2v) is 7.07. The van der Waals surface area contributed by atoms with Crippen LogP contribution < -0.4 is 9.64 Å². The van der Waals surface area contributed by atoms with Crippen LogP contribution in [0.4, 0.5) is 5.95 Å². The Balaban J connectivity index is 1.60. The van der Waals surface area contributed by atoms with Crippen LogP contribution in [0.1, 0.15) is 12.5 Å². The van der Waals surface area contributed by atoms with Crippen molar-refractivity contribution in [3.63, 3.8) is 0 Å². The monoisotopic (exact) mass is 462 g/mol. The molecule has 1 aliphatic rings. The highest BCUT2D eigenvalue weighted by molar-refractivity contribution is 14.1. The number of benzene rings is 1. The van der Waals surface area contributed by atoms with E-state index in [1.54, 1.807) is 23.4 Å². The smallest absolute Gasteiger partial charge is 0.298 e. The van der Waals surface area contributed by atoms with Gasteiger partial charge in [-0.15, -0.1) is 0 Å². The molecule has 0 saturated carbocycles.